The molecule has 1 heterocycles. The van der Waals surface area contributed by atoms with Crippen LogP contribution in [-0.2, 0) is 9.47 Å². The summed E-state index contributed by atoms with van der Waals surface area (Å²) in [5.41, 5.74) is 0. The zero-order chi connectivity index (χ0) is 5.82. The molecule has 2 heteroatoms. The maximum Gasteiger partial charge on any atom is 0.177 e. The van der Waals surface area contributed by atoms with Gasteiger partial charge < -0.3 is 9.47 Å². The van der Waals surface area contributed by atoms with E-state index >= 15 is 0 Å². The fraction of sp³-hybridized carbons (Fsp3) is 0.667. The Labute approximate surface area is 49.1 Å². The van der Waals surface area contributed by atoms with Crippen molar-refractivity contribution in [1.82, 2.24) is 0 Å². The first kappa shape index (κ1) is 5.79. The molecule has 1 aliphatic rings. The van der Waals surface area contributed by atoms with Crippen LogP contribution in [0.4, 0.5) is 0 Å². The Kier molecular flexibility index (Phi) is 2.06. The summed E-state index contributed by atoms with van der Waals surface area (Å²) in [5, 5.41) is 0. The lowest BCUT2D eigenvalue weighted by Gasteiger charge is -1.98. The lowest BCUT2D eigenvalue weighted by molar-refractivity contribution is -0.00162. The molecule has 0 unspecified atom stereocenters. The summed E-state index contributed by atoms with van der Waals surface area (Å²) in [6, 6.07) is 0. The number of hydrogen-bond acceptors (Lipinski definition) is 2. The van der Waals surface area contributed by atoms with Crippen molar-refractivity contribution in [3.8, 4) is 0 Å². The summed E-state index contributed by atoms with van der Waals surface area (Å²) in [6.45, 7) is 3.41. The molecular formula is C6H10O2. The van der Waals surface area contributed by atoms with Gasteiger partial charge in [-0.25, -0.2) is 0 Å². The van der Waals surface area contributed by atoms with Crippen molar-refractivity contribution in [2.45, 2.75) is 13.2 Å². The van der Waals surface area contributed by atoms with E-state index in [4.69, 9.17) is 9.47 Å². The molecular weight excluding hydrogens is 104 g/mol. The molecule has 0 aliphatic carbocycles. The Bertz CT molecular complexity index is 82.5. The van der Waals surface area contributed by atoms with E-state index in [1.54, 1.807) is 0 Å². The van der Waals surface area contributed by atoms with Gasteiger partial charge in [0, 0.05) is 0 Å². The molecule has 0 radical (unpaired) electrons. The van der Waals surface area contributed by atoms with Crippen LogP contribution in [0.1, 0.15) is 6.92 Å². The fourth-order valence-electron chi connectivity index (χ4n) is 0.645. The summed E-state index contributed by atoms with van der Waals surface area (Å²) in [5.74, 6) is 0. The second kappa shape index (κ2) is 2.84. The van der Waals surface area contributed by atoms with Gasteiger partial charge in [-0.2, -0.15) is 0 Å². The Hall–Kier alpha value is -0.340. The van der Waals surface area contributed by atoms with Gasteiger partial charge in [0.25, 0.3) is 0 Å². The standard InChI is InChI=1S/C6H10O2/c1-2-3-6-7-4-5-8-6/h2-3,6H,4-5H2,1H3/b3-2+. The molecule has 2 nitrogen and oxygen atoms in total. The summed E-state index contributed by atoms with van der Waals surface area (Å²) in [4.78, 5) is 0. The van der Waals surface area contributed by atoms with E-state index in [0.29, 0.717) is 0 Å². The third kappa shape index (κ3) is 1.32. The van der Waals surface area contributed by atoms with Crippen LogP contribution in [0.3, 0.4) is 0 Å². The first-order valence-electron chi connectivity index (χ1n) is 2.79. The van der Waals surface area contributed by atoms with Gasteiger partial charge in [0.15, 0.2) is 6.29 Å². The minimum absolute atomic E-state index is 0.0694. The smallest absolute Gasteiger partial charge is 0.177 e. The number of allylic oxidation sites excluding steroid dienone is 1. The van der Waals surface area contributed by atoms with Crippen LogP contribution in [0, 0.1) is 0 Å². The lowest BCUT2D eigenvalue weighted by Crippen LogP contribution is -2.01. The first-order chi connectivity index (χ1) is 3.93. The van der Waals surface area contributed by atoms with Crippen molar-refractivity contribution in [2.24, 2.45) is 0 Å². The van der Waals surface area contributed by atoms with E-state index < -0.39 is 0 Å². The molecule has 46 valence electrons. The van der Waals surface area contributed by atoms with Crippen LogP contribution in [-0.4, -0.2) is 19.5 Å². The molecule has 0 spiro atoms. The van der Waals surface area contributed by atoms with Crippen LogP contribution in [0.25, 0.3) is 0 Å². The molecule has 0 amide bonds. The number of rotatable bonds is 1. The molecule has 0 aromatic carbocycles. The highest BCUT2D eigenvalue weighted by molar-refractivity contribution is 4.82. The van der Waals surface area contributed by atoms with Crippen LogP contribution >= 0.6 is 0 Å². The summed E-state index contributed by atoms with van der Waals surface area (Å²) < 4.78 is 10.2. The van der Waals surface area contributed by atoms with Gasteiger partial charge in [-0.15, -0.1) is 0 Å². The third-order valence-electron chi connectivity index (χ3n) is 0.997. The molecule has 0 aromatic heterocycles. The van der Waals surface area contributed by atoms with Crippen molar-refractivity contribution in [1.29, 1.82) is 0 Å². The van der Waals surface area contributed by atoms with E-state index in [9.17, 15) is 0 Å². The van der Waals surface area contributed by atoms with E-state index in [0.717, 1.165) is 13.2 Å². The SMILES string of the molecule is C/C=C/C1OCCO1. The highest BCUT2D eigenvalue weighted by Gasteiger charge is 2.10. The van der Waals surface area contributed by atoms with Crippen molar-refractivity contribution in [3.63, 3.8) is 0 Å². The molecule has 0 bridgehead atoms. The van der Waals surface area contributed by atoms with Crippen LogP contribution in [0.15, 0.2) is 12.2 Å². The van der Waals surface area contributed by atoms with Gasteiger partial charge in [0.1, 0.15) is 0 Å². The maximum atomic E-state index is 5.08. The molecule has 1 rings (SSSR count). The Morgan fingerprint density at radius 2 is 2.00 bits per heavy atom. The fourth-order valence-corrected chi connectivity index (χ4v) is 0.645. The summed E-state index contributed by atoms with van der Waals surface area (Å²) >= 11 is 0. The molecule has 1 saturated heterocycles. The molecule has 1 fully saturated rings. The van der Waals surface area contributed by atoms with Crippen molar-refractivity contribution in [3.05, 3.63) is 12.2 Å². The van der Waals surface area contributed by atoms with Crippen LogP contribution in [0.2, 0.25) is 0 Å². The molecule has 8 heavy (non-hydrogen) atoms. The normalized spacial score (nSPS) is 23.1. The largest absolute Gasteiger partial charge is 0.347 e. The first-order valence-corrected chi connectivity index (χ1v) is 2.79. The predicted molar refractivity (Wildman–Crippen MR) is 30.5 cm³/mol. The number of hydrogen-bond donors (Lipinski definition) is 0. The third-order valence-corrected chi connectivity index (χ3v) is 0.997. The Morgan fingerprint density at radius 1 is 1.38 bits per heavy atom. The Morgan fingerprint density at radius 3 is 2.50 bits per heavy atom. The van der Waals surface area contributed by atoms with Crippen LogP contribution < -0.4 is 0 Å². The predicted octanol–water partition coefficient (Wildman–Crippen LogP) is 0.935. The molecule has 0 N–H and O–H groups in total. The zero-order valence-corrected chi connectivity index (χ0v) is 4.96. The zero-order valence-electron chi connectivity index (χ0n) is 4.96. The molecule has 0 aromatic rings. The lowest BCUT2D eigenvalue weighted by atomic mass is 10.5. The van der Waals surface area contributed by atoms with Gasteiger partial charge in [0.2, 0.25) is 0 Å². The summed E-state index contributed by atoms with van der Waals surface area (Å²) in [7, 11) is 0. The second-order valence-corrected chi connectivity index (χ2v) is 1.64. The minimum atomic E-state index is -0.0694. The highest BCUT2D eigenvalue weighted by atomic mass is 16.7. The average Bonchev–Trinajstić information content (AvgIpc) is 2.19. The quantitative estimate of drug-likeness (QED) is 0.472. The monoisotopic (exact) mass is 114 g/mol. The van der Waals surface area contributed by atoms with Crippen molar-refractivity contribution in [2.75, 3.05) is 13.2 Å². The van der Waals surface area contributed by atoms with Gasteiger partial charge in [-0.05, 0) is 13.0 Å². The van der Waals surface area contributed by atoms with Crippen LogP contribution in [0.5, 0.6) is 0 Å². The van der Waals surface area contributed by atoms with Gasteiger partial charge in [0.05, 0.1) is 13.2 Å². The van der Waals surface area contributed by atoms with Crippen molar-refractivity contribution < 1.29 is 9.47 Å². The highest BCUT2D eigenvalue weighted by Crippen LogP contribution is 2.03. The van der Waals surface area contributed by atoms with E-state index in [2.05, 4.69) is 0 Å². The van der Waals surface area contributed by atoms with E-state index in [-0.39, 0.29) is 6.29 Å². The van der Waals surface area contributed by atoms with Gasteiger partial charge in [-0.1, -0.05) is 6.08 Å². The van der Waals surface area contributed by atoms with Gasteiger partial charge in [-0.3, -0.25) is 0 Å². The summed E-state index contributed by atoms with van der Waals surface area (Å²) in [6.07, 6.45) is 3.75. The maximum absolute atomic E-state index is 5.08. The average molecular weight is 114 g/mol. The minimum Gasteiger partial charge on any atom is -0.347 e. The molecule has 0 atom stereocenters. The van der Waals surface area contributed by atoms with Crippen molar-refractivity contribution >= 4 is 0 Å². The number of ether oxygens (including phenoxy) is 2. The Balaban J connectivity index is 2.24. The van der Waals surface area contributed by atoms with E-state index in [1.807, 2.05) is 19.1 Å². The molecule has 1 aliphatic heterocycles. The molecule has 0 saturated carbocycles. The second-order valence-electron chi connectivity index (χ2n) is 1.64. The van der Waals surface area contributed by atoms with Gasteiger partial charge >= 0.3 is 0 Å². The van der Waals surface area contributed by atoms with E-state index in [1.165, 1.54) is 0 Å². The topological polar surface area (TPSA) is 18.5 Å².